The summed E-state index contributed by atoms with van der Waals surface area (Å²) in [5, 5.41) is 7.54. The number of benzene rings is 2. The monoisotopic (exact) mass is 380 g/mol. The van der Waals surface area contributed by atoms with Crippen molar-refractivity contribution in [1.29, 1.82) is 0 Å². The second-order valence-corrected chi connectivity index (χ2v) is 7.24. The molecule has 0 bridgehead atoms. The van der Waals surface area contributed by atoms with Crippen molar-refractivity contribution in [1.82, 2.24) is 14.6 Å². The van der Waals surface area contributed by atoms with E-state index in [1.165, 1.54) is 0 Å². The van der Waals surface area contributed by atoms with Crippen LogP contribution in [-0.2, 0) is 7.05 Å². The van der Waals surface area contributed by atoms with Gasteiger partial charge in [0.2, 0.25) is 0 Å². The van der Waals surface area contributed by atoms with Gasteiger partial charge in [0.05, 0.1) is 17.3 Å². The zero-order valence-corrected chi connectivity index (χ0v) is 16.1. The molecular weight excluding hydrogens is 360 g/mol. The molecule has 0 spiro atoms. The molecule has 4 aromatic rings. The van der Waals surface area contributed by atoms with Gasteiger partial charge >= 0.3 is 0 Å². The van der Waals surface area contributed by atoms with E-state index < -0.39 is 0 Å². The molecular formula is C24H20N4O. The van der Waals surface area contributed by atoms with Crippen molar-refractivity contribution in [2.24, 2.45) is 12.1 Å². The van der Waals surface area contributed by atoms with Gasteiger partial charge in [-0.3, -0.25) is 9.78 Å². The number of hydrogen-bond donors (Lipinski definition) is 0. The fourth-order valence-electron chi connectivity index (χ4n) is 4.01. The highest BCUT2D eigenvalue weighted by molar-refractivity contribution is 6.05. The molecule has 5 nitrogen and oxygen atoms in total. The lowest BCUT2D eigenvalue weighted by Gasteiger charge is -2.21. The van der Waals surface area contributed by atoms with E-state index in [0.717, 1.165) is 27.7 Å². The Balaban J connectivity index is 1.62. The van der Waals surface area contributed by atoms with E-state index in [9.17, 15) is 4.79 Å². The molecule has 0 radical (unpaired) electrons. The smallest absolute Gasteiger partial charge is 0.276 e. The first-order valence-corrected chi connectivity index (χ1v) is 9.63. The van der Waals surface area contributed by atoms with E-state index in [4.69, 9.17) is 5.10 Å². The summed E-state index contributed by atoms with van der Waals surface area (Å²) in [6, 6.07) is 21.7. The highest BCUT2D eigenvalue weighted by Crippen LogP contribution is 2.38. The maximum Gasteiger partial charge on any atom is 0.276 e. The topological polar surface area (TPSA) is 50.5 Å². The van der Waals surface area contributed by atoms with Crippen LogP contribution in [0.5, 0.6) is 0 Å². The van der Waals surface area contributed by atoms with Crippen LogP contribution >= 0.6 is 0 Å². The van der Waals surface area contributed by atoms with Crippen LogP contribution in [0, 0.1) is 0 Å². The number of rotatable bonds is 3. The predicted octanol–water partition coefficient (Wildman–Crippen LogP) is 4.56. The molecule has 29 heavy (non-hydrogen) atoms. The second kappa shape index (κ2) is 7.02. The van der Waals surface area contributed by atoms with Crippen molar-refractivity contribution < 1.29 is 4.79 Å². The first-order chi connectivity index (χ1) is 14.2. The second-order valence-electron chi connectivity index (χ2n) is 7.24. The van der Waals surface area contributed by atoms with Gasteiger partial charge in [0, 0.05) is 48.5 Å². The third-order valence-electron chi connectivity index (χ3n) is 5.42. The Labute approximate surface area is 168 Å². The molecule has 1 atom stereocenters. The number of para-hydroxylation sites is 1. The molecule has 1 unspecified atom stereocenters. The lowest BCUT2D eigenvalue weighted by Crippen LogP contribution is -2.27. The third kappa shape index (κ3) is 3.01. The maximum atomic E-state index is 13.3. The Kier molecular flexibility index (Phi) is 4.21. The van der Waals surface area contributed by atoms with E-state index in [0.29, 0.717) is 12.0 Å². The number of carbonyl (C=O) groups is 1. The summed E-state index contributed by atoms with van der Waals surface area (Å²) < 4.78 is 2.11. The normalized spacial score (nSPS) is 16.2. The Morgan fingerprint density at radius 3 is 2.59 bits per heavy atom. The predicted molar refractivity (Wildman–Crippen MR) is 114 cm³/mol. The van der Waals surface area contributed by atoms with E-state index in [2.05, 4.69) is 27.9 Å². The van der Waals surface area contributed by atoms with E-state index in [1.54, 1.807) is 29.5 Å². The van der Waals surface area contributed by atoms with Gasteiger partial charge in [-0.2, -0.15) is 5.10 Å². The summed E-state index contributed by atoms with van der Waals surface area (Å²) in [6.45, 7) is 0. The molecule has 2 aromatic heterocycles. The quantitative estimate of drug-likeness (QED) is 0.523. The Morgan fingerprint density at radius 1 is 1.00 bits per heavy atom. The first-order valence-electron chi connectivity index (χ1n) is 9.63. The summed E-state index contributed by atoms with van der Waals surface area (Å²) in [6.07, 6.45) is 6.05. The highest BCUT2D eigenvalue weighted by atomic mass is 16.2. The van der Waals surface area contributed by atoms with Gasteiger partial charge in [-0.25, -0.2) is 5.01 Å². The molecule has 5 rings (SSSR count). The molecule has 1 aliphatic heterocycles. The van der Waals surface area contributed by atoms with Crippen molar-refractivity contribution in [3.8, 4) is 0 Å². The van der Waals surface area contributed by atoms with Crippen molar-refractivity contribution >= 4 is 22.5 Å². The number of fused-ring (bicyclic) bond motifs is 1. The first kappa shape index (κ1) is 17.4. The molecule has 0 aliphatic carbocycles. The zero-order chi connectivity index (χ0) is 19.8. The number of pyridine rings is 1. The van der Waals surface area contributed by atoms with Crippen LogP contribution in [0.25, 0.3) is 10.9 Å². The number of hydrazone groups is 1. The van der Waals surface area contributed by atoms with Gasteiger partial charge in [0.1, 0.15) is 0 Å². The van der Waals surface area contributed by atoms with Crippen LogP contribution in [0.4, 0.5) is 0 Å². The average Bonchev–Trinajstić information content (AvgIpc) is 3.36. The molecule has 5 heteroatoms. The van der Waals surface area contributed by atoms with Gasteiger partial charge in [0.25, 0.3) is 5.91 Å². The third-order valence-corrected chi connectivity index (χ3v) is 5.42. The van der Waals surface area contributed by atoms with Crippen molar-refractivity contribution in [2.45, 2.75) is 12.5 Å². The SMILES string of the molecule is Cn1cc(C2CC(c3ccccc3)=NN2C(=O)c2cccnc2)c2ccccc21. The minimum absolute atomic E-state index is 0.137. The van der Waals surface area contributed by atoms with Gasteiger partial charge in [-0.1, -0.05) is 48.5 Å². The number of nitrogens with zero attached hydrogens (tertiary/aromatic N) is 4. The summed E-state index contributed by atoms with van der Waals surface area (Å²) in [5.74, 6) is -0.137. The van der Waals surface area contributed by atoms with E-state index >= 15 is 0 Å². The van der Waals surface area contributed by atoms with Gasteiger partial charge in [-0.05, 0) is 23.8 Å². The van der Waals surface area contributed by atoms with Gasteiger partial charge in [0.15, 0.2) is 0 Å². The molecule has 2 aromatic carbocycles. The minimum atomic E-state index is -0.163. The lowest BCUT2D eigenvalue weighted by molar-refractivity contribution is 0.0711. The van der Waals surface area contributed by atoms with Gasteiger partial charge < -0.3 is 4.57 Å². The van der Waals surface area contributed by atoms with Crippen LogP contribution in [0.2, 0.25) is 0 Å². The summed E-state index contributed by atoms with van der Waals surface area (Å²) in [4.78, 5) is 17.4. The van der Waals surface area contributed by atoms with E-state index in [-0.39, 0.29) is 11.9 Å². The average molecular weight is 380 g/mol. The molecule has 142 valence electrons. The van der Waals surface area contributed by atoms with Crippen LogP contribution in [0.3, 0.4) is 0 Å². The fraction of sp³-hybridized carbons (Fsp3) is 0.125. The molecule has 0 N–H and O–H groups in total. The van der Waals surface area contributed by atoms with Crippen LogP contribution in [0.15, 0.2) is 90.4 Å². The minimum Gasteiger partial charge on any atom is -0.350 e. The number of hydrogen-bond acceptors (Lipinski definition) is 3. The Morgan fingerprint density at radius 2 is 1.79 bits per heavy atom. The molecule has 3 heterocycles. The van der Waals surface area contributed by atoms with Crippen molar-refractivity contribution in [3.05, 3.63) is 102 Å². The summed E-state index contributed by atoms with van der Waals surface area (Å²) in [7, 11) is 2.03. The van der Waals surface area contributed by atoms with Crippen molar-refractivity contribution in [2.75, 3.05) is 0 Å². The number of amides is 1. The van der Waals surface area contributed by atoms with Crippen molar-refractivity contribution in [3.63, 3.8) is 0 Å². The lowest BCUT2D eigenvalue weighted by atomic mass is 9.98. The Hall–Kier alpha value is -3.73. The Bertz CT molecular complexity index is 1210. The molecule has 0 fully saturated rings. The molecule has 1 aliphatic rings. The van der Waals surface area contributed by atoms with Crippen LogP contribution in [-0.4, -0.2) is 26.2 Å². The standard InChI is InChI=1S/C24H20N4O/c1-27-16-20(19-11-5-6-12-22(19)27)23-14-21(17-8-3-2-4-9-17)26-28(23)24(29)18-10-7-13-25-15-18/h2-13,15-16,23H,14H2,1H3. The van der Waals surface area contributed by atoms with Crippen LogP contribution in [0.1, 0.15) is 33.9 Å². The number of aryl methyl sites for hydroxylation is 1. The van der Waals surface area contributed by atoms with Crippen LogP contribution < -0.4 is 0 Å². The van der Waals surface area contributed by atoms with Gasteiger partial charge in [-0.15, -0.1) is 0 Å². The molecule has 0 saturated heterocycles. The largest absolute Gasteiger partial charge is 0.350 e. The molecule has 1 amide bonds. The summed E-state index contributed by atoms with van der Waals surface area (Å²) >= 11 is 0. The maximum absolute atomic E-state index is 13.3. The molecule has 0 saturated carbocycles. The zero-order valence-electron chi connectivity index (χ0n) is 16.1. The number of aromatic nitrogens is 2. The summed E-state index contributed by atoms with van der Waals surface area (Å²) in [5.41, 5.74) is 4.75. The fourth-order valence-corrected chi connectivity index (χ4v) is 4.01. The number of carbonyl (C=O) groups excluding carboxylic acids is 1. The van der Waals surface area contributed by atoms with E-state index in [1.807, 2.05) is 49.5 Å². The highest BCUT2D eigenvalue weighted by Gasteiger charge is 2.35.